The third-order valence-corrected chi connectivity index (χ3v) is 7.52. The summed E-state index contributed by atoms with van der Waals surface area (Å²) in [5, 5.41) is 21.6. The average Bonchev–Trinajstić information content (AvgIpc) is 3.20. The number of fused-ring (bicyclic) bond motifs is 2. The Morgan fingerprint density at radius 1 is 1.11 bits per heavy atom. The molecule has 2 N–H and O–H groups in total. The normalized spacial score (nSPS) is 17.7. The molecule has 1 atom stereocenters. The maximum Gasteiger partial charge on any atom is 0.257 e. The Morgan fingerprint density at radius 2 is 1.79 bits per heavy atom. The van der Waals surface area contributed by atoms with Gasteiger partial charge in [-0.2, -0.15) is 0 Å². The summed E-state index contributed by atoms with van der Waals surface area (Å²) in [4.78, 5) is 17.5. The lowest BCUT2D eigenvalue weighted by Crippen LogP contribution is -2.46. The fourth-order valence-corrected chi connectivity index (χ4v) is 5.76. The van der Waals surface area contributed by atoms with Crippen LogP contribution in [0.15, 0.2) is 36.4 Å². The topological polar surface area (TPSA) is 82.5 Å². The smallest absolute Gasteiger partial charge is 0.257 e. The first-order valence-corrected chi connectivity index (χ1v) is 14.0. The third-order valence-electron chi connectivity index (χ3n) is 7.28. The van der Waals surface area contributed by atoms with Crippen molar-refractivity contribution in [3.05, 3.63) is 58.1 Å². The summed E-state index contributed by atoms with van der Waals surface area (Å²) in [6, 6.07) is 10.6. The Morgan fingerprint density at radius 3 is 2.45 bits per heavy atom. The van der Waals surface area contributed by atoms with Gasteiger partial charge in [-0.15, -0.1) is 0 Å². The van der Waals surface area contributed by atoms with E-state index in [1.54, 1.807) is 6.07 Å². The van der Waals surface area contributed by atoms with Gasteiger partial charge in [-0.05, 0) is 60.1 Å². The monoisotopic (exact) mass is 544 g/mol. The molecule has 0 aliphatic carbocycles. The van der Waals surface area contributed by atoms with E-state index in [4.69, 9.17) is 21.1 Å². The summed E-state index contributed by atoms with van der Waals surface area (Å²) in [6.45, 7) is 12.3. The lowest BCUT2D eigenvalue weighted by atomic mass is 9.84. The predicted molar refractivity (Wildman–Crippen MR) is 149 cm³/mol. The molecule has 38 heavy (non-hydrogen) atoms. The van der Waals surface area contributed by atoms with Crippen LogP contribution in [0.1, 0.15) is 62.0 Å². The Bertz CT molecular complexity index is 1100. The highest BCUT2D eigenvalue weighted by Crippen LogP contribution is 2.44. The molecule has 0 radical (unpaired) electrons. The highest BCUT2D eigenvalue weighted by atomic mass is 35.5. The molecule has 2 aliphatic rings. The highest BCUT2D eigenvalue weighted by molar-refractivity contribution is 6.30. The number of aliphatic hydroxyl groups excluding tert-OH is 1. The minimum Gasteiger partial charge on any atom is -0.508 e. The lowest BCUT2D eigenvalue weighted by molar-refractivity contribution is -0.0835. The third kappa shape index (κ3) is 6.81. The van der Waals surface area contributed by atoms with Crippen LogP contribution in [-0.2, 0) is 16.9 Å². The van der Waals surface area contributed by atoms with Gasteiger partial charge in [0.2, 0.25) is 0 Å². The molecule has 208 valence electrons. The van der Waals surface area contributed by atoms with Crippen LogP contribution in [0.4, 0.5) is 0 Å². The quantitative estimate of drug-likeness (QED) is 0.435. The molecule has 0 aromatic heterocycles. The minimum atomic E-state index is -0.743. The van der Waals surface area contributed by atoms with E-state index in [1.165, 1.54) is 17.7 Å². The first kappa shape index (κ1) is 28.7. The van der Waals surface area contributed by atoms with E-state index in [1.807, 2.05) is 17.0 Å². The maximum atomic E-state index is 13.4. The van der Waals surface area contributed by atoms with Crippen LogP contribution in [0, 0.1) is 11.8 Å². The summed E-state index contributed by atoms with van der Waals surface area (Å²) < 4.78 is 12.2. The van der Waals surface area contributed by atoms with E-state index in [0.29, 0.717) is 49.4 Å². The Hall–Kier alpha value is -2.32. The zero-order chi connectivity index (χ0) is 27.4. The molecule has 1 saturated heterocycles. The molecule has 1 amide bonds. The molecule has 2 heterocycles. The summed E-state index contributed by atoms with van der Waals surface area (Å²) >= 11 is 6.16. The molecule has 4 rings (SSSR count). The van der Waals surface area contributed by atoms with Gasteiger partial charge in [0.25, 0.3) is 5.91 Å². The second kappa shape index (κ2) is 12.2. The number of ether oxygens (including phenoxy) is 2. The first-order chi connectivity index (χ1) is 18.1. The molecule has 0 bridgehead atoms. The van der Waals surface area contributed by atoms with Crippen molar-refractivity contribution in [2.24, 2.45) is 11.8 Å². The van der Waals surface area contributed by atoms with Crippen LogP contribution in [-0.4, -0.2) is 71.4 Å². The number of carbonyl (C=O) groups is 1. The average molecular weight is 545 g/mol. The SMILES string of the molecule is CC(C)CN(CC(C)C)C(=O)c1ccc(O)cc1OC[C@@H](O)CN1CCC2(CC1)OCc1cc(Cl)ccc12. The van der Waals surface area contributed by atoms with Gasteiger partial charge in [0.1, 0.15) is 24.2 Å². The van der Waals surface area contributed by atoms with E-state index in [2.05, 4.69) is 38.7 Å². The number of piperidine rings is 1. The number of amides is 1. The van der Waals surface area contributed by atoms with Crippen LogP contribution in [0.2, 0.25) is 5.02 Å². The maximum absolute atomic E-state index is 13.4. The van der Waals surface area contributed by atoms with Gasteiger partial charge in [0.05, 0.1) is 17.8 Å². The fraction of sp³-hybridized carbons (Fsp3) is 0.567. The number of carbonyl (C=O) groups excluding carboxylic acids is 1. The van der Waals surface area contributed by atoms with E-state index >= 15 is 0 Å². The van der Waals surface area contributed by atoms with Gasteiger partial charge in [0, 0.05) is 43.8 Å². The van der Waals surface area contributed by atoms with E-state index in [9.17, 15) is 15.0 Å². The van der Waals surface area contributed by atoms with Crippen molar-refractivity contribution in [3.8, 4) is 11.5 Å². The van der Waals surface area contributed by atoms with Crippen molar-refractivity contribution in [2.75, 3.05) is 39.3 Å². The number of hydrogen-bond donors (Lipinski definition) is 2. The van der Waals surface area contributed by atoms with Gasteiger partial charge in [-0.25, -0.2) is 0 Å². The summed E-state index contributed by atoms with van der Waals surface area (Å²) in [5.74, 6) is 0.830. The summed E-state index contributed by atoms with van der Waals surface area (Å²) in [5.41, 5.74) is 2.52. The molecule has 2 aromatic carbocycles. The molecule has 7 nitrogen and oxygen atoms in total. The van der Waals surface area contributed by atoms with E-state index in [0.717, 1.165) is 36.5 Å². The molecule has 0 unspecified atom stereocenters. The molecule has 0 saturated carbocycles. The van der Waals surface area contributed by atoms with Crippen LogP contribution in [0.25, 0.3) is 0 Å². The summed E-state index contributed by atoms with van der Waals surface area (Å²) in [7, 11) is 0. The van der Waals surface area contributed by atoms with E-state index < -0.39 is 6.10 Å². The zero-order valence-electron chi connectivity index (χ0n) is 23.0. The number of aliphatic hydroxyl groups is 1. The fourth-order valence-electron chi connectivity index (χ4n) is 5.57. The largest absolute Gasteiger partial charge is 0.508 e. The number of aromatic hydroxyl groups is 1. The predicted octanol–water partition coefficient (Wildman–Crippen LogP) is 5.06. The van der Waals surface area contributed by atoms with Gasteiger partial charge < -0.3 is 29.5 Å². The number of β-amino-alcohol motifs (C(OH)–C–C–N with tert-alkyl or cyclic N) is 1. The molecule has 2 aromatic rings. The molecule has 8 heteroatoms. The number of nitrogens with zero attached hydrogens (tertiary/aromatic N) is 2. The van der Waals surface area contributed by atoms with Crippen molar-refractivity contribution in [1.82, 2.24) is 9.80 Å². The number of phenols is 1. The van der Waals surface area contributed by atoms with Gasteiger partial charge in [-0.1, -0.05) is 45.4 Å². The summed E-state index contributed by atoms with van der Waals surface area (Å²) in [6.07, 6.45) is 0.955. The Labute approximate surface area is 231 Å². The van der Waals surface area contributed by atoms with Crippen molar-refractivity contribution in [1.29, 1.82) is 0 Å². The highest BCUT2D eigenvalue weighted by Gasteiger charge is 2.42. The number of phenolic OH excluding ortho intramolecular Hbond substituents is 1. The number of halogens is 1. The van der Waals surface area contributed by atoms with Crippen LogP contribution in [0.5, 0.6) is 11.5 Å². The van der Waals surface area contributed by atoms with Gasteiger partial charge in [0.15, 0.2) is 0 Å². The second-order valence-electron chi connectivity index (χ2n) is 11.5. The standard InChI is InChI=1S/C30H41ClN2O5/c1-20(2)15-33(16-21(3)4)29(36)26-7-6-24(34)14-28(26)37-19-25(35)17-32-11-9-30(10-12-32)27-8-5-23(31)13-22(27)18-38-30/h5-8,13-14,20-21,25,34-35H,9-12,15-19H2,1-4H3/t25-/m0/s1. The first-order valence-electron chi connectivity index (χ1n) is 13.6. The molecule has 1 spiro atoms. The Balaban J connectivity index is 1.34. The molecular formula is C30H41ClN2O5. The van der Waals surface area contributed by atoms with Gasteiger partial charge >= 0.3 is 0 Å². The van der Waals surface area contributed by atoms with Gasteiger partial charge in [-0.3, -0.25) is 4.79 Å². The van der Waals surface area contributed by atoms with Crippen LogP contribution >= 0.6 is 11.6 Å². The number of rotatable bonds is 10. The number of benzene rings is 2. The van der Waals surface area contributed by atoms with Crippen LogP contribution in [0.3, 0.4) is 0 Å². The number of likely N-dealkylation sites (tertiary alicyclic amines) is 1. The van der Waals surface area contributed by atoms with Crippen LogP contribution < -0.4 is 4.74 Å². The van der Waals surface area contributed by atoms with Crippen molar-refractivity contribution in [2.45, 2.75) is 58.8 Å². The lowest BCUT2D eigenvalue weighted by Gasteiger charge is -2.39. The minimum absolute atomic E-state index is 0.0183. The van der Waals surface area contributed by atoms with E-state index in [-0.39, 0.29) is 23.9 Å². The molecular weight excluding hydrogens is 504 g/mol. The zero-order valence-corrected chi connectivity index (χ0v) is 23.7. The van der Waals surface area contributed by atoms with Crippen molar-refractivity contribution in [3.63, 3.8) is 0 Å². The molecule has 1 fully saturated rings. The van der Waals surface area contributed by atoms with Crippen molar-refractivity contribution < 1.29 is 24.5 Å². The number of hydrogen-bond acceptors (Lipinski definition) is 6. The second-order valence-corrected chi connectivity index (χ2v) is 12.0. The molecule has 2 aliphatic heterocycles. The van der Waals surface area contributed by atoms with Crippen molar-refractivity contribution >= 4 is 17.5 Å². The Kier molecular flexibility index (Phi) is 9.24.